The van der Waals surface area contributed by atoms with Gasteiger partial charge in [0, 0.05) is 13.1 Å². The molecule has 0 atom stereocenters. The quantitative estimate of drug-likeness (QED) is 0.730. The first-order valence-corrected chi connectivity index (χ1v) is 10.0. The maximum absolute atomic E-state index is 12.8. The van der Waals surface area contributed by atoms with Crippen LogP contribution in [0.5, 0.6) is 5.75 Å². The molecule has 0 aliphatic heterocycles. The lowest BCUT2D eigenvalue weighted by Crippen LogP contribution is -2.30. The van der Waals surface area contributed by atoms with Crippen molar-refractivity contribution in [3.8, 4) is 5.75 Å². The molecule has 140 valence electrons. The standard InChI is InChI=1S/C19H24N2O4S/c1-3-14-20-19(22)15-25-17-12-10-16(11-13-17)21(4-2)26(23,24)18-8-6-5-7-9-18/h5-13H,3-4,14-15H2,1-2H3,(H,20,22). The summed E-state index contributed by atoms with van der Waals surface area (Å²) in [5, 5.41) is 2.73. The lowest BCUT2D eigenvalue weighted by Gasteiger charge is -2.23. The number of hydrogen-bond acceptors (Lipinski definition) is 4. The van der Waals surface area contributed by atoms with Crippen molar-refractivity contribution in [3.63, 3.8) is 0 Å². The van der Waals surface area contributed by atoms with Crippen LogP contribution in [0.1, 0.15) is 20.3 Å². The van der Waals surface area contributed by atoms with Crippen LogP contribution >= 0.6 is 0 Å². The predicted molar refractivity (Wildman–Crippen MR) is 102 cm³/mol. The Morgan fingerprint density at radius 2 is 1.69 bits per heavy atom. The van der Waals surface area contributed by atoms with Gasteiger partial charge in [-0.25, -0.2) is 8.42 Å². The average Bonchev–Trinajstić information content (AvgIpc) is 2.66. The van der Waals surface area contributed by atoms with Crippen molar-refractivity contribution >= 4 is 21.6 Å². The number of hydrogen-bond donors (Lipinski definition) is 1. The van der Waals surface area contributed by atoms with Gasteiger partial charge in [0.1, 0.15) is 5.75 Å². The third kappa shape index (κ3) is 4.98. The van der Waals surface area contributed by atoms with E-state index in [2.05, 4.69) is 5.32 Å². The first-order valence-electron chi connectivity index (χ1n) is 8.56. The average molecular weight is 376 g/mol. The van der Waals surface area contributed by atoms with Gasteiger partial charge >= 0.3 is 0 Å². The molecule has 0 saturated heterocycles. The molecule has 0 saturated carbocycles. The molecule has 1 N–H and O–H groups in total. The molecular weight excluding hydrogens is 352 g/mol. The monoisotopic (exact) mass is 376 g/mol. The van der Waals surface area contributed by atoms with Gasteiger partial charge in [-0.2, -0.15) is 0 Å². The van der Waals surface area contributed by atoms with E-state index in [0.29, 0.717) is 24.5 Å². The van der Waals surface area contributed by atoms with Crippen molar-refractivity contribution < 1.29 is 17.9 Å². The fraction of sp³-hybridized carbons (Fsp3) is 0.316. The van der Waals surface area contributed by atoms with E-state index in [9.17, 15) is 13.2 Å². The smallest absolute Gasteiger partial charge is 0.264 e. The molecular formula is C19H24N2O4S. The molecule has 1 amide bonds. The molecule has 7 heteroatoms. The zero-order valence-electron chi connectivity index (χ0n) is 15.0. The SMILES string of the molecule is CCCNC(=O)COc1ccc(N(CC)S(=O)(=O)c2ccccc2)cc1. The van der Waals surface area contributed by atoms with E-state index in [0.717, 1.165) is 6.42 Å². The molecule has 0 bridgehead atoms. The van der Waals surface area contributed by atoms with E-state index in [4.69, 9.17) is 4.74 Å². The van der Waals surface area contributed by atoms with Gasteiger partial charge < -0.3 is 10.1 Å². The van der Waals surface area contributed by atoms with Crippen LogP contribution in [0.4, 0.5) is 5.69 Å². The molecule has 0 aliphatic carbocycles. The van der Waals surface area contributed by atoms with Crippen molar-refractivity contribution in [3.05, 3.63) is 54.6 Å². The van der Waals surface area contributed by atoms with Crippen molar-refractivity contribution in [2.75, 3.05) is 24.0 Å². The highest BCUT2D eigenvalue weighted by atomic mass is 32.2. The second-order valence-corrected chi connectivity index (χ2v) is 7.48. The van der Waals surface area contributed by atoms with Gasteiger partial charge in [0.15, 0.2) is 6.61 Å². The van der Waals surface area contributed by atoms with Gasteiger partial charge in [0.05, 0.1) is 10.6 Å². The fourth-order valence-corrected chi connectivity index (χ4v) is 3.88. The van der Waals surface area contributed by atoms with Crippen LogP contribution in [0, 0.1) is 0 Å². The highest BCUT2D eigenvalue weighted by Gasteiger charge is 2.23. The molecule has 0 unspecified atom stereocenters. The van der Waals surface area contributed by atoms with E-state index in [-0.39, 0.29) is 17.4 Å². The molecule has 0 spiro atoms. The maximum atomic E-state index is 12.8. The molecule has 6 nitrogen and oxygen atoms in total. The van der Waals surface area contributed by atoms with Crippen LogP contribution in [0.25, 0.3) is 0 Å². The summed E-state index contributed by atoms with van der Waals surface area (Å²) in [4.78, 5) is 11.8. The van der Waals surface area contributed by atoms with Crippen molar-refractivity contribution in [1.29, 1.82) is 0 Å². The van der Waals surface area contributed by atoms with Gasteiger partial charge in [-0.1, -0.05) is 25.1 Å². The normalized spacial score (nSPS) is 11.0. The van der Waals surface area contributed by atoms with Crippen molar-refractivity contribution in [2.45, 2.75) is 25.2 Å². The van der Waals surface area contributed by atoms with Gasteiger partial charge in [0.25, 0.3) is 15.9 Å². The minimum absolute atomic E-state index is 0.0703. The van der Waals surface area contributed by atoms with E-state index in [1.54, 1.807) is 61.5 Å². The number of nitrogens with one attached hydrogen (secondary N) is 1. The van der Waals surface area contributed by atoms with Gasteiger partial charge in [-0.3, -0.25) is 9.10 Å². The number of carbonyl (C=O) groups is 1. The number of carbonyl (C=O) groups excluding carboxylic acids is 1. The first-order chi connectivity index (χ1) is 12.5. The number of rotatable bonds is 9. The summed E-state index contributed by atoms with van der Waals surface area (Å²) >= 11 is 0. The number of nitrogens with zero attached hydrogens (tertiary/aromatic N) is 1. The maximum Gasteiger partial charge on any atom is 0.264 e. The summed E-state index contributed by atoms with van der Waals surface area (Å²) in [5.74, 6) is 0.325. The number of sulfonamides is 1. The summed E-state index contributed by atoms with van der Waals surface area (Å²) in [6, 6.07) is 15.0. The summed E-state index contributed by atoms with van der Waals surface area (Å²) in [6.07, 6.45) is 0.864. The molecule has 0 heterocycles. The Labute approximate surface area is 154 Å². The second kappa shape index (κ2) is 9.24. The minimum atomic E-state index is -3.62. The highest BCUT2D eigenvalue weighted by molar-refractivity contribution is 7.92. The first kappa shape index (κ1) is 19.8. The Bertz CT molecular complexity index is 805. The van der Waals surface area contributed by atoms with Crippen LogP contribution in [-0.4, -0.2) is 34.0 Å². The molecule has 2 rings (SSSR count). The lowest BCUT2D eigenvalue weighted by atomic mass is 10.3. The van der Waals surface area contributed by atoms with Crippen LogP contribution in [0.15, 0.2) is 59.5 Å². The van der Waals surface area contributed by atoms with Crippen LogP contribution in [-0.2, 0) is 14.8 Å². The Balaban J connectivity index is 2.09. The Morgan fingerprint density at radius 1 is 1.04 bits per heavy atom. The molecule has 0 fully saturated rings. The second-order valence-electron chi connectivity index (χ2n) is 5.62. The molecule has 2 aromatic rings. The fourth-order valence-electron chi connectivity index (χ4n) is 2.38. The number of anilines is 1. The molecule has 0 aliphatic rings. The van der Waals surface area contributed by atoms with Crippen molar-refractivity contribution in [1.82, 2.24) is 5.32 Å². The van der Waals surface area contributed by atoms with Crippen LogP contribution in [0.3, 0.4) is 0 Å². The molecule has 0 radical (unpaired) electrons. The predicted octanol–water partition coefficient (Wildman–Crippen LogP) is 2.81. The number of amides is 1. The molecule has 2 aromatic carbocycles. The Kier molecular flexibility index (Phi) is 7.03. The van der Waals surface area contributed by atoms with Gasteiger partial charge in [-0.15, -0.1) is 0 Å². The zero-order chi connectivity index (χ0) is 19.0. The van der Waals surface area contributed by atoms with Crippen LogP contribution < -0.4 is 14.4 Å². The third-order valence-electron chi connectivity index (χ3n) is 3.69. The summed E-state index contributed by atoms with van der Waals surface area (Å²) in [5.41, 5.74) is 0.541. The summed E-state index contributed by atoms with van der Waals surface area (Å²) in [7, 11) is -3.62. The van der Waals surface area contributed by atoms with Gasteiger partial charge in [-0.05, 0) is 49.7 Å². The number of benzene rings is 2. The zero-order valence-corrected chi connectivity index (χ0v) is 15.8. The summed E-state index contributed by atoms with van der Waals surface area (Å²) < 4.78 is 32.4. The summed E-state index contributed by atoms with van der Waals surface area (Å²) in [6.45, 7) is 4.60. The largest absolute Gasteiger partial charge is 0.484 e. The molecule has 26 heavy (non-hydrogen) atoms. The van der Waals surface area contributed by atoms with E-state index in [1.807, 2.05) is 6.92 Å². The van der Waals surface area contributed by atoms with Crippen LogP contribution in [0.2, 0.25) is 0 Å². The van der Waals surface area contributed by atoms with E-state index in [1.165, 1.54) is 4.31 Å². The third-order valence-corrected chi connectivity index (χ3v) is 5.60. The van der Waals surface area contributed by atoms with E-state index < -0.39 is 10.0 Å². The number of ether oxygens (including phenoxy) is 1. The van der Waals surface area contributed by atoms with Crippen molar-refractivity contribution in [2.24, 2.45) is 0 Å². The van der Waals surface area contributed by atoms with Gasteiger partial charge in [0.2, 0.25) is 0 Å². The lowest BCUT2D eigenvalue weighted by molar-refractivity contribution is -0.123. The highest BCUT2D eigenvalue weighted by Crippen LogP contribution is 2.25. The van der Waals surface area contributed by atoms with E-state index >= 15 is 0 Å². The Hall–Kier alpha value is -2.54. The topological polar surface area (TPSA) is 75.7 Å². The molecule has 0 aromatic heterocycles. The Morgan fingerprint density at radius 3 is 2.27 bits per heavy atom. The minimum Gasteiger partial charge on any atom is -0.484 e.